The van der Waals surface area contributed by atoms with E-state index in [9.17, 15) is 24.8 Å². The third-order valence-electron chi connectivity index (χ3n) is 3.08. The van der Waals surface area contributed by atoms with Crippen molar-refractivity contribution in [3.05, 3.63) is 64.2 Å². The zero-order valence-corrected chi connectivity index (χ0v) is 12.6. The number of carbonyl (C=O) groups excluding carboxylic acids is 2. The number of nitro groups is 1. The molecule has 8 heteroatoms. The van der Waals surface area contributed by atoms with Gasteiger partial charge in [0.25, 0.3) is 11.6 Å². The number of benzene rings is 2. The average Bonchev–Trinajstić information content (AvgIpc) is 2.55. The van der Waals surface area contributed by atoms with Crippen LogP contribution in [-0.4, -0.2) is 28.0 Å². The van der Waals surface area contributed by atoms with Gasteiger partial charge in [0.05, 0.1) is 10.5 Å². The predicted octanol–water partition coefficient (Wildman–Crippen LogP) is 2.48. The van der Waals surface area contributed by atoms with Crippen LogP contribution in [0.1, 0.15) is 17.3 Å². The van der Waals surface area contributed by atoms with E-state index in [2.05, 4.69) is 5.32 Å². The van der Waals surface area contributed by atoms with Crippen molar-refractivity contribution in [3.8, 4) is 5.75 Å². The van der Waals surface area contributed by atoms with Crippen LogP contribution in [0.25, 0.3) is 0 Å². The van der Waals surface area contributed by atoms with Crippen LogP contribution in [0.4, 0.5) is 11.4 Å². The first-order valence-corrected chi connectivity index (χ1v) is 6.92. The molecule has 0 radical (unpaired) electrons. The summed E-state index contributed by atoms with van der Waals surface area (Å²) in [6.07, 6.45) is -1.09. The third-order valence-corrected chi connectivity index (χ3v) is 3.08. The van der Waals surface area contributed by atoms with Gasteiger partial charge < -0.3 is 15.2 Å². The summed E-state index contributed by atoms with van der Waals surface area (Å²) in [7, 11) is 0. The summed E-state index contributed by atoms with van der Waals surface area (Å²) in [4.78, 5) is 33.9. The molecule has 0 spiro atoms. The Bertz CT molecular complexity index is 772. The van der Waals surface area contributed by atoms with E-state index < -0.39 is 22.9 Å². The van der Waals surface area contributed by atoms with Crippen molar-refractivity contribution in [2.45, 2.75) is 13.0 Å². The number of ether oxygens (including phenoxy) is 1. The lowest BCUT2D eigenvalue weighted by molar-refractivity contribution is -0.384. The third kappa shape index (κ3) is 4.29. The lowest BCUT2D eigenvalue weighted by Gasteiger charge is -2.13. The van der Waals surface area contributed by atoms with Crippen molar-refractivity contribution >= 4 is 23.3 Å². The number of rotatable bonds is 5. The number of phenols is 1. The molecule has 0 aliphatic heterocycles. The summed E-state index contributed by atoms with van der Waals surface area (Å²) in [5, 5.41) is 22.4. The highest BCUT2D eigenvalue weighted by Crippen LogP contribution is 2.16. The molecule has 0 bridgehead atoms. The first kappa shape index (κ1) is 16.9. The fourth-order valence-corrected chi connectivity index (χ4v) is 1.83. The minimum atomic E-state index is -1.09. The second-order valence-electron chi connectivity index (χ2n) is 4.89. The maximum atomic E-state index is 12.0. The highest BCUT2D eigenvalue weighted by Gasteiger charge is 2.19. The highest BCUT2D eigenvalue weighted by molar-refractivity contribution is 5.97. The molecule has 0 aromatic heterocycles. The Balaban J connectivity index is 1.96. The number of non-ortho nitro benzene ring substituents is 1. The van der Waals surface area contributed by atoms with Gasteiger partial charge >= 0.3 is 5.97 Å². The molecule has 0 heterocycles. The molecule has 0 fully saturated rings. The molecule has 0 unspecified atom stereocenters. The minimum absolute atomic E-state index is 0.0903. The number of hydrogen-bond acceptors (Lipinski definition) is 6. The molecular formula is C16H14N2O6. The van der Waals surface area contributed by atoms with Crippen molar-refractivity contribution in [2.75, 3.05) is 5.32 Å². The molecule has 2 N–H and O–H groups in total. The molecule has 1 atom stereocenters. The van der Waals surface area contributed by atoms with Crippen LogP contribution in [0, 0.1) is 10.1 Å². The van der Waals surface area contributed by atoms with Crippen LogP contribution in [0.15, 0.2) is 48.5 Å². The summed E-state index contributed by atoms with van der Waals surface area (Å²) >= 11 is 0. The first-order chi connectivity index (χ1) is 11.4. The number of aromatic hydroxyl groups is 1. The molecule has 0 aliphatic carbocycles. The Morgan fingerprint density at radius 2 is 1.88 bits per heavy atom. The van der Waals surface area contributed by atoms with E-state index >= 15 is 0 Å². The molecule has 1 amide bonds. The predicted molar refractivity (Wildman–Crippen MR) is 84.7 cm³/mol. The quantitative estimate of drug-likeness (QED) is 0.494. The number of nitro benzene ring substituents is 1. The molecule has 0 saturated carbocycles. The van der Waals surface area contributed by atoms with Crippen LogP contribution < -0.4 is 5.32 Å². The summed E-state index contributed by atoms with van der Waals surface area (Å²) < 4.78 is 5.02. The van der Waals surface area contributed by atoms with Crippen LogP contribution in [0.2, 0.25) is 0 Å². The number of phenolic OH excluding ortho intramolecular Hbond substituents is 1. The number of esters is 1. The zero-order chi connectivity index (χ0) is 17.7. The fourth-order valence-electron chi connectivity index (χ4n) is 1.83. The van der Waals surface area contributed by atoms with Crippen molar-refractivity contribution in [2.24, 2.45) is 0 Å². The van der Waals surface area contributed by atoms with Gasteiger partial charge in [-0.15, -0.1) is 0 Å². The van der Waals surface area contributed by atoms with E-state index in [4.69, 9.17) is 4.74 Å². The average molecular weight is 330 g/mol. The Labute approximate surface area is 136 Å². The van der Waals surface area contributed by atoms with Gasteiger partial charge in [-0.05, 0) is 37.3 Å². The molecule has 0 aliphatic rings. The topological polar surface area (TPSA) is 119 Å². The Kier molecular flexibility index (Phi) is 5.10. The molecule has 0 saturated heterocycles. The SMILES string of the molecule is C[C@H](OC(=O)c1cccc(O)c1)C(=O)Nc1ccc([N+](=O)[O-])cc1. The maximum Gasteiger partial charge on any atom is 0.339 e. The standard InChI is InChI=1S/C16H14N2O6/c1-10(24-16(21)11-3-2-4-14(19)9-11)15(20)17-12-5-7-13(8-6-12)18(22)23/h2-10,19H,1H3,(H,17,20)/t10-/m0/s1. The van der Waals surface area contributed by atoms with Gasteiger partial charge in [0.1, 0.15) is 5.75 Å². The van der Waals surface area contributed by atoms with Gasteiger partial charge in [-0.3, -0.25) is 14.9 Å². The molecule has 2 aromatic carbocycles. The lowest BCUT2D eigenvalue weighted by Crippen LogP contribution is -2.29. The van der Waals surface area contributed by atoms with Crippen LogP contribution >= 0.6 is 0 Å². The monoisotopic (exact) mass is 330 g/mol. The molecule has 2 rings (SSSR count). The van der Waals surface area contributed by atoms with E-state index in [0.29, 0.717) is 5.69 Å². The Hall–Kier alpha value is -3.42. The van der Waals surface area contributed by atoms with Crippen molar-refractivity contribution in [3.63, 3.8) is 0 Å². The van der Waals surface area contributed by atoms with Gasteiger partial charge in [0.15, 0.2) is 6.10 Å². The normalized spacial score (nSPS) is 11.4. The summed E-state index contributed by atoms with van der Waals surface area (Å²) in [5.41, 5.74) is 0.354. The second-order valence-corrected chi connectivity index (χ2v) is 4.89. The number of hydrogen-bond donors (Lipinski definition) is 2. The second kappa shape index (κ2) is 7.23. The van der Waals surface area contributed by atoms with Gasteiger partial charge in [-0.25, -0.2) is 4.79 Å². The van der Waals surface area contributed by atoms with E-state index in [0.717, 1.165) is 0 Å². The van der Waals surface area contributed by atoms with Crippen molar-refractivity contribution in [1.29, 1.82) is 0 Å². The van der Waals surface area contributed by atoms with Crippen LogP contribution in [0.5, 0.6) is 5.75 Å². The summed E-state index contributed by atoms with van der Waals surface area (Å²) in [6.45, 7) is 1.39. The first-order valence-electron chi connectivity index (χ1n) is 6.92. The molecule has 8 nitrogen and oxygen atoms in total. The smallest absolute Gasteiger partial charge is 0.339 e. The molecular weight excluding hydrogens is 316 g/mol. The lowest BCUT2D eigenvalue weighted by atomic mass is 10.2. The number of nitrogens with zero attached hydrogens (tertiary/aromatic N) is 1. The molecule has 124 valence electrons. The fraction of sp³-hybridized carbons (Fsp3) is 0.125. The Morgan fingerprint density at radius 1 is 1.21 bits per heavy atom. The van der Waals surface area contributed by atoms with Gasteiger partial charge in [0, 0.05) is 17.8 Å². The zero-order valence-electron chi connectivity index (χ0n) is 12.6. The van der Waals surface area contributed by atoms with Gasteiger partial charge in [-0.2, -0.15) is 0 Å². The Morgan fingerprint density at radius 3 is 2.46 bits per heavy atom. The summed E-state index contributed by atoms with van der Waals surface area (Å²) in [6, 6.07) is 10.8. The number of nitrogens with one attached hydrogen (secondary N) is 1. The number of carbonyl (C=O) groups is 2. The van der Waals surface area contributed by atoms with E-state index in [1.807, 2.05) is 0 Å². The highest BCUT2D eigenvalue weighted by atomic mass is 16.6. The van der Waals surface area contributed by atoms with Crippen molar-refractivity contribution in [1.82, 2.24) is 0 Å². The minimum Gasteiger partial charge on any atom is -0.508 e. The molecule has 24 heavy (non-hydrogen) atoms. The van der Waals surface area contributed by atoms with Crippen LogP contribution in [0.3, 0.4) is 0 Å². The van der Waals surface area contributed by atoms with Crippen LogP contribution in [-0.2, 0) is 9.53 Å². The summed E-state index contributed by atoms with van der Waals surface area (Å²) in [5.74, 6) is -1.43. The number of anilines is 1. The van der Waals surface area contributed by atoms with E-state index in [1.54, 1.807) is 0 Å². The van der Waals surface area contributed by atoms with Gasteiger partial charge in [0.2, 0.25) is 0 Å². The van der Waals surface area contributed by atoms with Crippen molar-refractivity contribution < 1.29 is 24.4 Å². The van der Waals surface area contributed by atoms with E-state index in [1.165, 1.54) is 55.5 Å². The molecule has 2 aromatic rings. The number of amides is 1. The largest absolute Gasteiger partial charge is 0.508 e. The van der Waals surface area contributed by atoms with Gasteiger partial charge in [-0.1, -0.05) is 6.07 Å². The maximum absolute atomic E-state index is 12.0. The van der Waals surface area contributed by atoms with E-state index in [-0.39, 0.29) is 17.0 Å².